The van der Waals surface area contributed by atoms with E-state index < -0.39 is 10.1 Å². The molecule has 0 saturated heterocycles. The first-order valence-corrected chi connectivity index (χ1v) is 3.08. The van der Waals surface area contributed by atoms with Crippen LogP contribution in [0, 0.1) is 20.2 Å². The van der Waals surface area contributed by atoms with E-state index in [2.05, 4.69) is 0 Å². The Balaban J connectivity index is 2.63. The van der Waals surface area contributed by atoms with Gasteiger partial charge in [-0.25, -0.2) is 20.2 Å². The SMILES string of the molecule is O=[N+]([O-])N1C=CCN([N+](=O)[O-])C1. The second kappa shape index (κ2) is 3.03. The predicted molar refractivity (Wildman–Crippen MR) is 36.5 cm³/mol. The number of hydrogen-bond donors (Lipinski definition) is 0. The minimum Gasteiger partial charge on any atom is -0.235 e. The van der Waals surface area contributed by atoms with E-state index in [1.54, 1.807) is 0 Å². The van der Waals surface area contributed by atoms with E-state index in [1.165, 1.54) is 12.3 Å². The van der Waals surface area contributed by atoms with E-state index in [0.29, 0.717) is 5.01 Å². The molecule has 0 spiro atoms. The lowest BCUT2D eigenvalue weighted by Crippen LogP contribution is -2.44. The van der Waals surface area contributed by atoms with E-state index >= 15 is 0 Å². The Hall–Kier alpha value is -1.86. The van der Waals surface area contributed by atoms with Crippen LogP contribution in [0.1, 0.15) is 0 Å². The van der Waals surface area contributed by atoms with Crippen LogP contribution in [0.25, 0.3) is 0 Å². The summed E-state index contributed by atoms with van der Waals surface area (Å²) < 4.78 is 0. The first-order chi connectivity index (χ1) is 5.61. The molecule has 0 aromatic heterocycles. The van der Waals surface area contributed by atoms with Gasteiger partial charge in [0.15, 0.2) is 10.1 Å². The average Bonchev–Trinajstić information content (AvgIpc) is 2.04. The maximum Gasteiger partial charge on any atom is 0.213 e. The van der Waals surface area contributed by atoms with Crippen LogP contribution in [-0.2, 0) is 0 Å². The van der Waals surface area contributed by atoms with Crippen LogP contribution >= 0.6 is 0 Å². The molecule has 0 radical (unpaired) electrons. The Labute approximate surface area is 66.9 Å². The van der Waals surface area contributed by atoms with Crippen molar-refractivity contribution >= 4 is 0 Å². The third kappa shape index (κ3) is 1.59. The minimum absolute atomic E-state index is 0.0946. The van der Waals surface area contributed by atoms with Crippen LogP contribution in [0.2, 0.25) is 0 Å². The predicted octanol–water partition coefficient (Wildman–Crippen LogP) is -0.541. The largest absolute Gasteiger partial charge is 0.235 e. The standard InChI is InChI=1S/C4H6N4O4/c9-7(10)5-2-1-3-6(4-5)8(11)12/h1-2H,3-4H2. The fourth-order valence-electron chi connectivity index (χ4n) is 0.787. The van der Waals surface area contributed by atoms with Crippen molar-refractivity contribution in [1.29, 1.82) is 0 Å². The highest BCUT2D eigenvalue weighted by atomic mass is 16.7. The summed E-state index contributed by atoms with van der Waals surface area (Å²) in [4.78, 5) is 20.3. The van der Waals surface area contributed by atoms with Crippen molar-refractivity contribution in [2.24, 2.45) is 0 Å². The van der Waals surface area contributed by atoms with Crippen molar-refractivity contribution in [3.05, 3.63) is 32.5 Å². The average molecular weight is 174 g/mol. The summed E-state index contributed by atoms with van der Waals surface area (Å²) >= 11 is 0. The normalized spacial score (nSPS) is 16.3. The monoisotopic (exact) mass is 174 g/mol. The molecule has 0 aliphatic carbocycles. The van der Waals surface area contributed by atoms with Crippen LogP contribution in [0.15, 0.2) is 12.3 Å². The van der Waals surface area contributed by atoms with Crippen molar-refractivity contribution in [2.45, 2.75) is 0 Å². The summed E-state index contributed by atoms with van der Waals surface area (Å²) in [6.45, 7) is -0.228. The van der Waals surface area contributed by atoms with Crippen LogP contribution < -0.4 is 0 Å². The van der Waals surface area contributed by atoms with Gasteiger partial charge in [-0.1, -0.05) is 10.0 Å². The molecular weight excluding hydrogens is 168 g/mol. The van der Waals surface area contributed by atoms with E-state index in [4.69, 9.17) is 0 Å². The molecule has 1 aliphatic heterocycles. The molecule has 0 fully saturated rings. The molecule has 1 rings (SSSR count). The first kappa shape index (κ1) is 8.24. The lowest BCUT2D eigenvalue weighted by Gasteiger charge is -2.18. The van der Waals surface area contributed by atoms with Crippen molar-refractivity contribution < 1.29 is 10.1 Å². The second-order valence-electron chi connectivity index (χ2n) is 2.13. The Morgan fingerprint density at radius 1 is 1.25 bits per heavy atom. The zero-order chi connectivity index (χ0) is 9.14. The number of nitrogens with zero attached hydrogens (tertiary/aromatic N) is 4. The number of hydrazine groups is 2. The molecule has 0 aromatic rings. The number of rotatable bonds is 2. The molecule has 66 valence electrons. The third-order valence-electron chi connectivity index (χ3n) is 1.34. The van der Waals surface area contributed by atoms with Gasteiger partial charge < -0.3 is 0 Å². The molecule has 8 nitrogen and oxygen atoms in total. The first-order valence-electron chi connectivity index (χ1n) is 3.08. The van der Waals surface area contributed by atoms with Gasteiger partial charge in [0.25, 0.3) is 0 Å². The van der Waals surface area contributed by atoms with Crippen molar-refractivity contribution in [1.82, 2.24) is 10.0 Å². The van der Waals surface area contributed by atoms with E-state index in [1.807, 2.05) is 0 Å². The highest BCUT2D eigenvalue weighted by Gasteiger charge is 2.25. The molecule has 1 heterocycles. The molecule has 0 saturated carbocycles. The third-order valence-corrected chi connectivity index (χ3v) is 1.34. The summed E-state index contributed by atoms with van der Waals surface area (Å²) in [6, 6.07) is 0. The summed E-state index contributed by atoms with van der Waals surface area (Å²) in [5.74, 6) is 0. The quantitative estimate of drug-likeness (QED) is 0.412. The number of nitro groups is 2. The van der Waals surface area contributed by atoms with Gasteiger partial charge in [-0.2, -0.15) is 0 Å². The number of hydrogen-bond acceptors (Lipinski definition) is 4. The van der Waals surface area contributed by atoms with Gasteiger partial charge in [0.1, 0.15) is 6.54 Å². The lowest BCUT2D eigenvalue weighted by molar-refractivity contribution is -0.705. The van der Waals surface area contributed by atoms with Gasteiger partial charge in [-0.15, -0.1) is 0 Å². The molecular formula is C4H6N4O4. The van der Waals surface area contributed by atoms with E-state index in [-0.39, 0.29) is 13.2 Å². The van der Waals surface area contributed by atoms with Gasteiger partial charge >= 0.3 is 0 Å². The summed E-state index contributed by atoms with van der Waals surface area (Å²) in [6.07, 6.45) is 2.56. The molecule has 12 heavy (non-hydrogen) atoms. The smallest absolute Gasteiger partial charge is 0.213 e. The second-order valence-corrected chi connectivity index (χ2v) is 2.13. The summed E-state index contributed by atoms with van der Waals surface area (Å²) in [7, 11) is 0. The van der Waals surface area contributed by atoms with Crippen molar-refractivity contribution in [2.75, 3.05) is 13.2 Å². The Morgan fingerprint density at radius 2 is 1.92 bits per heavy atom. The van der Waals surface area contributed by atoms with E-state index in [9.17, 15) is 20.2 Å². The summed E-state index contributed by atoms with van der Waals surface area (Å²) in [5, 5.41) is 20.3. The Morgan fingerprint density at radius 3 is 2.42 bits per heavy atom. The zero-order valence-corrected chi connectivity index (χ0v) is 5.99. The van der Waals surface area contributed by atoms with Crippen LogP contribution in [-0.4, -0.2) is 33.3 Å². The van der Waals surface area contributed by atoms with Gasteiger partial charge in [-0.3, -0.25) is 0 Å². The molecule has 0 N–H and O–H groups in total. The van der Waals surface area contributed by atoms with Crippen molar-refractivity contribution in [3.8, 4) is 0 Å². The lowest BCUT2D eigenvalue weighted by atomic mass is 10.5. The molecule has 8 heteroatoms. The Kier molecular flexibility index (Phi) is 2.08. The topological polar surface area (TPSA) is 92.8 Å². The van der Waals surface area contributed by atoms with Crippen molar-refractivity contribution in [3.63, 3.8) is 0 Å². The molecule has 1 aliphatic rings. The molecule has 0 unspecified atom stereocenters. The molecule has 0 aromatic carbocycles. The highest BCUT2D eigenvalue weighted by Crippen LogP contribution is 2.02. The van der Waals surface area contributed by atoms with Crippen LogP contribution in [0.4, 0.5) is 0 Å². The fraction of sp³-hybridized carbons (Fsp3) is 0.500. The maximum atomic E-state index is 10.2. The van der Waals surface area contributed by atoms with E-state index in [0.717, 1.165) is 5.01 Å². The molecule has 0 bridgehead atoms. The van der Waals surface area contributed by atoms with Gasteiger partial charge in [0.2, 0.25) is 6.67 Å². The molecule has 0 atom stereocenters. The van der Waals surface area contributed by atoms with Gasteiger partial charge in [0.05, 0.1) is 6.20 Å². The Bertz CT molecular complexity index is 239. The maximum absolute atomic E-state index is 10.2. The van der Waals surface area contributed by atoms with Crippen LogP contribution in [0.3, 0.4) is 0 Å². The zero-order valence-electron chi connectivity index (χ0n) is 5.99. The van der Waals surface area contributed by atoms with Gasteiger partial charge in [0, 0.05) is 0 Å². The fourth-order valence-corrected chi connectivity index (χ4v) is 0.787. The highest BCUT2D eigenvalue weighted by molar-refractivity contribution is 4.84. The molecule has 0 amide bonds. The minimum atomic E-state index is -0.702. The van der Waals surface area contributed by atoms with Gasteiger partial charge in [-0.05, 0) is 6.08 Å². The van der Waals surface area contributed by atoms with Crippen LogP contribution in [0.5, 0.6) is 0 Å². The summed E-state index contributed by atoms with van der Waals surface area (Å²) in [5.41, 5.74) is 0.